The van der Waals surface area contributed by atoms with E-state index in [0.29, 0.717) is 12.6 Å². The lowest BCUT2D eigenvalue weighted by atomic mass is 10.0. The number of amides is 1. The van der Waals surface area contributed by atoms with Crippen molar-refractivity contribution in [3.63, 3.8) is 0 Å². The number of rotatable bonds is 3. The van der Waals surface area contributed by atoms with Crippen molar-refractivity contribution in [1.29, 1.82) is 0 Å². The van der Waals surface area contributed by atoms with Crippen molar-refractivity contribution in [2.45, 2.75) is 31.3 Å². The zero-order valence-electron chi connectivity index (χ0n) is 11.0. The number of nitrogens with one attached hydrogen (secondary N) is 1. The number of piperidine rings is 1. The van der Waals surface area contributed by atoms with Gasteiger partial charge < -0.3 is 10.1 Å². The molecule has 5 heteroatoms. The Hall–Kier alpha value is -0.910. The first-order chi connectivity index (χ1) is 9.34. The Morgan fingerprint density at radius 1 is 1.32 bits per heavy atom. The molecule has 104 valence electrons. The van der Waals surface area contributed by atoms with E-state index in [1.54, 1.807) is 11.3 Å². The minimum Gasteiger partial charge on any atom is -0.378 e. The highest BCUT2D eigenvalue weighted by Crippen LogP contribution is 2.19. The summed E-state index contributed by atoms with van der Waals surface area (Å²) in [6.45, 7) is 3.66. The van der Waals surface area contributed by atoms with Crippen molar-refractivity contribution < 1.29 is 9.53 Å². The Labute approximate surface area is 117 Å². The lowest BCUT2D eigenvalue weighted by Crippen LogP contribution is -2.52. The van der Waals surface area contributed by atoms with E-state index in [1.807, 2.05) is 16.8 Å². The van der Waals surface area contributed by atoms with Crippen LogP contribution in [0.2, 0.25) is 0 Å². The van der Waals surface area contributed by atoms with Crippen LogP contribution in [0.15, 0.2) is 16.8 Å². The first-order valence-electron chi connectivity index (χ1n) is 6.99. The summed E-state index contributed by atoms with van der Waals surface area (Å²) in [5.41, 5.74) is 0.759. The molecule has 0 saturated carbocycles. The van der Waals surface area contributed by atoms with Gasteiger partial charge in [-0.25, -0.2) is 0 Å². The molecule has 0 aromatic carbocycles. The molecule has 0 spiro atoms. The van der Waals surface area contributed by atoms with Gasteiger partial charge >= 0.3 is 0 Å². The summed E-state index contributed by atoms with van der Waals surface area (Å²) >= 11 is 1.55. The molecule has 1 aromatic rings. The van der Waals surface area contributed by atoms with Crippen LogP contribution in [0, 0.1) is 0 Å². The molecule has 2 fully saturated rings. The van der Waals surface area contributed by atoms with Crippen LogP contribution >= 0.6 is 11.3 Å². The molecule has 2 atom stereocenters. The number of hydrogen-bond donors (Lipinski definition) is 1. The smallest absolute Gasteiger partial charge is 0.252 e. The molecule has 3 heterocycles. The average Bonchev–Trinajstić information content (AvgIpc) is 3.11. The quantitative estimate of drug-likeness (QED) is 0.917. The molecular weight excluding hydrogens is 260 g/mol. The predicted octanol–water partition coefficient (Wildman–Crippen LogP) is 1.73. The summed E-state index contributed by atoms with van der Waals surface area (Å²) in [7, 11) is 0. The number of nitrogens with zero attached hydrogens (tertiary/aromatic N) is 1. The van der Waals surface area contributed by atoms with E-state index in [9.17, 15) is 4.79 Å². The summed E-state index contributed by atoms with van der Waals surface area (Å²) in [5.74, 6) is 0.0266. The van der Waals surface area contributed by atoms with E-state index in [4.69, 9.17) is 4.74 Å². The number of hydrogen-bond acceptors (Lipinski definition) is 4. The largest absolute Gasteiger partial charge is 0.378 e. The van der Waals surface area contributed by atoms with Crippen molar-refractivity contribution in [3.8, 4) is 0 Å². The Balaban J connectivity index is 1.61. The van der Waals surface area contributed by atoms with Gasteiger partial charge in [-0.2, -0.15) is 11.3 Å². The van der Waals surface area contributed by atoms with Gasteiger partial charge in [-0.15, -0.1) is 0 Å². The van der Waals surface area contributed by atoms with E-state index >= 15 is 0 Å². The van der Waals surface area contributed by atoms with Crippen LogP contribution in [-0.2, 0) is 4.74 Å². The average molecular weight is 280 g/mol. The fourth-order valence-corrected chi connectivity index (χ4v) is 3.57. The molecule has 1 aromatic heterocycles. The number of thiophene rings is 1. The topological polar surface area (TPSA) is 41.6 Å². The van der Waals surface area contributed by atoms with Crippen molar-refractivity contribution in [1.82, 2.24) is 10.2 Å². The number of carbonyl (C=O) groups excluding carboxylic acids is 1. The number of likely N-dealkylation sites (tertiary alicyclic amines) is 1. The maximum Gasteiger partial charge on any atom is 0.252 e. The third kappa shape index (κ3) is 2.99. The lowest BCUT2D eigenvalue weighted by molar-refractivity contribution is 0.0900. The van der Waals surface area contributed by atoms with Gasteiger partial charge in [0.1, 0.15) is 0 Å². The first-order valence-corrected chi connectivity index (χ1v) is 7.94. The van der Waals surface area contributed by atoms with Gasteiger partial charge in [0.15, 0.2) is 0 Å². The zero-order chi connectivity index (χ0) is 13.1. The Morgan fingerprint density at radius 2 is 2.16 bits per heavy atom. The van der Waals surface area contributed by atoms with Crippen LogP contribution in [0.25, 0.3) is 0 Å². The van der Waals surface area contributed by atoms with Crippen molar-refractivity contribution in [3.05, 3.63) is 22.4 Å². The molecule has 3 rings (SSSR count). The number of carbonyl (C=O) groups is 1. The summed E-state index contributed by atoms with van der Waals surface area (Å²) < 4.78 is 5.59. The molecular formula is C14H20N2O2S. The van der Waals surface area contributed by atoms with E-state index in [-0.39, 0.29) is 11.9 Å². The van der Waals surface area contributed by atoms with Crippen LogP contribution in [0.4, 0.5) is 0 Å². The highest BCUT2D eigenvalue weighted by atomic mass is 32.1. The Bertz CT molecular complexity index is 415. The molecule has 19 heavy (non-hydrogen) atoms. The molecule has 0 unspecified atom stereocenters. The maximum atomic E-state index is 12.1. The van der Waals surface area contributed by atoms with E-state index < -0.39 is 0 Å². The Morgan fingerprint density at radius 3 is 2.89 bits per heavy atom. The molecule has 1 N–H and O–H groups in total. The van der Waals surface area contributed by atoms with Gasteiger partial charge in [0, 0.05) is 10.9 Å². The lowest BCUT2D eigenvalue weighted by Gasteiger charge is -2.34. The van der Waals surface area contributed by atoms with Gasteiger partial charge in [-0.1, -0.05) is 6.42 Å². The second-order valence-corrected chi connectivity index (χ2v) is 6.07. The van der Waals surface area contributed by atoms with Crippen molar-refractivity contribution >= 4 is 17.2 Å². The first kappa shape index (κ1) is 13.1. The Kier molecular flexibility index (Phi) is 4.15. The van der Waals surface area contributed by atoms with Crippen LogP contribution in [0.3, 0.4) is 0 Å². The minimum absolute atomic E-state index is 0.0266. The second kappa shape index (κ2) is 6.03. The van der Waals surface area contributed by atoms with Gasteiger partial charge in [0.2, 0.25) is 0 Å². The summed E-state index contributed by atoms with van der Waals surface area (Å²) in [4.78, 5) is 14.6. The molecule has 0 aliphatic carbocycles. The van der Waals surface area contributed by atoms with E-state index in [1.165, 1.54) is 19.3 Å². The third-order valence-electron chi connectivity index (χ3n) is 4.01. The van der Waals surface area contributed by atoms with Crippen LogP contribution in [0.1, 0.15) is 29.6 Å². The molecule has 1 amide bonds. The molecule has 0 radical (unpaired) electrons. The molecule has 0 bridgehead atoms. The van der Waals surface area contributed by atoms with Crippen LogP contribution < -0.4 is 5.32 Å². The van der Waals surface area contributed by atoms with E-state index in [2.05, 4.69) is 10.2 Å². The maximum absolute atomic E-state index is 12.1. The molecule has 2 aliphatic rings. The summed E-state index contributed by atoms with van der Waals surface area (Å²) in [6, 6.07) is 2.35. The van der Waals surface area contributed by atoms with Crippen LogP contribution in [0.5, 0.6) is 0 Å². The van der Waals surface area contributed by atoms with Gasteiger partial charge in [-0.3, -0.25) is 9.69 Å². The van der Waals surface area contributed by atoms with Crippen LogP contribution in [-0.4, -0.2) is 49.2 Å². The second-order valence-electron chi connectivity index (χ2n) is 5.29. The summed E-state index contributed by atoms with van der Waals surface area (Å²) in [5, 5.41) is 6.95. The normalized spacial score (nSPS) is 28.4. The van der Waals surface area contributed by atoms with Crippen molar-refractivity contribution in [2.75, 3.05) is 26.3 Å². The van der Waals surface area contributed by atoms with Gasteiger partial charge in [-0.05, 0) is 37.4 Å². The van der Waals surface area contributed by atoms with Gasteiger partial charge in [0.25, 0.3) is 5.91 Å². The molecule has 2 aliphatic heterocycles. The zero-order valence-corrected chi connectivity index (χ0v) is 11.8. The van der Waals surface area contributed by atoms with Crippen molar-refractivity contribution in [2.24, 2.45) is 0 Å². The highest BCUT2D eigenvalue weighted by Gasteiger charge is 2.34. The monoisotopic (exact) mass is 280 g/mol. The molecule has 2 saturated heterocycles. The fraction of sp³-hybridized carbons (Fsp3) is 0.643. The standard InChI is InChI=1S/C14H20N2O2S/c17-14(11-4-7-19-10-11)15-12-8-18-9-13(12)16-5-2-1-3-6-16/h4,7,10,12-13H,1-3,5-6,8-9H2,(H,15,17)/t12-,13-/m1/s1. The minimum atomic E-state index is 0.0266. The van der Waals surface area contributed by atoms with E-state index in [0.717, 1.165) is 25.3 Å². The molecule has 4 nitrogen and oxygen atoms in total. The summed E-state index contributed by atoms with van der Waals surface area (Å²) in [6.07, 6.45) is 3.86. The highest BCUT2D eigenvalue weighted by molar-refractivity contribution is 7.08. The fourth-order valence-electron chi connectivity index (χ4n) is 2.94. The van der Waals surface area contributed by atoms with Gasteiger partial charge in [0.05, 0.1) is 25.3 Å². The third-order valence-corrected chi connectivity index (χ3v) is 4.69. The number of ether oxygens (including phenoxy) is 1. The SMILES string of the molecule is O=C(N[C@@H]1COC[C@H]1N1CCCCC1)c1ccsc1. The predicted molar refractivity (Wildman–Crippen MR) is 75.6 cm³/mol.